The third-order valence-electron chi connectivity index (χ3n) is 2.80. The van der Waals surface area contributed by atoms with Gasteiger partial charge in [0.2, 0.25) is 18.6 Å². The zero-order valence-electron chi connectivity index (χ0n) is 11.4. The van der Waals surface area contributed by atoms with Crippen LogP contribution in [0.25, 0.3) is 0 Å². The molecule has 1 aromatic heterocycles. The van der Waals surface area contributed by atoms with E-state index in [4.69, 9.17) is 14.2 Å². The molecule has 0 saturated heterocycles. The van der Waals surface area contributed by atoms with E-state index in [1.807, 2.05) is 6.92 Å². The Balaban J connectivity index is 1.80. The lowest BCUT2D eigenvalue weighted by molar-refractivity contribution is 0.174. The maximum Gasteiger partial charge on any atom is 0.260 e. The van der Waals surface area contributed by atoms with Crippen molar-refractivity contribution in [3.8, 4) is 23.1 Å². The van der Waals surface area contributed by atoms with Crippen LogP contribution in [0.5, 0.6) is 23.1 Å². The highest BCUT2D eigenvalue weighted by molar-refractivity contribution is 5.47. The van der Waals surface area contributed by atoms with Crippen molar-refractivity contribution < 1.29 is 18.6 Å². The number of fused-ring (bicyclic) bond motifs is 1. The molecule has 0 saturated carbocycles. The molecule has 110 valence electrons. The van der Waals surface area contributed by atoms with Gasteiger partial charge in [-0.1, -0.05) is 6.92 Å². The predicted molar refractivity (Wildman–Crippen MR) is 73.4 cm³/mol. The van der Waals surface area contributed by atoms with Crippen LogP contribution in [0.4, 0.5) is 10.3 Å². The Morgan fingerprint density at radius 1 is 1.33 bits per heavy atom. The summed E-state index contributed by atoms with van der Waals surface area (Å²) in [5, 5.41) is 2.98. The van der Waals surface area contributed by atoms with Crippen LogP contribution in [0, 0.1) is 5.82 Å². The Labute approximate surface area is 120 Å². The zero-order valence-corrected chi connectivity index (χ0v) is 11.4. The van der Waals surface area contributed by atoms with Gasteiger partial charge in [0.1, 0.15) is 5.75 Å². The lowest BCUT2D eigenvalue weighted by Crippen LogP contribution is -2.05. The van der Waals surface area contributed by atoms with Crippen LogP contribution in [-0.4, -0.2) is 23.3 Å². The van der Waals surface area contributed by atoms with Crippen molar-refractivity contribution in [2.24, 2.45) is 0 Å². The monoisotopic (exact) mass is 291 g/mol. The van der Waals surface area contributed by atoms with Crippen molar-refractivity contribution in [3.63, 3.8) is 0 Å². The van der Waals surface area contributed by atoms with Gasteiger partial charge in [0.25, 0.3) is 5.88 Å². The molecule has 6 nitrogen and oxygen atoms in total. The lowest BCUT2D eigenvalue weighted by Gasteiger charge is -2.08. The molecule has 2 heterocycles. The van der Waals surface area contributed by atoms with Gasteiger partial charge in [0, 0.05) is 12.6 Å². The van der Waals surface area contributed by atoms with E-state index < -0.39 is 5.82 Å². The average Bonchev–Trinajstić information content (AvgIpc) is 2.95. The Morgan fingerprint density at radius 2 is 2.19 bits per heavy atom. The SMILES string of the molecule is CCCNc1ncc(F)c(Oc2ccc3c(c2)OCO3)n1. The van der Waals surface area contributed by atoms with Crippen molar-refractivity contribution in [3.05, 3.63) is 30.2 Å². The van der Waals surface area contributed by atoms with E-state index in [1.165, 1.54) is 0 Å². The number of ether oxygens (including phenoxy) is 3. The first-order valence-electron chi connectivity index (χ1n) is 6.60. The van der Waals surface area contributed by atoms with Crippen molar-refractivity contribution in [1.29, 1.82) is 0 Å². The van der Waals surface area contributed by atoms with E-state index in [1.54, 1.807) is 18.2 Å². The van der Waals surface area contributed by atoms with Crippen molar-refractivity contribution in [1.82, 2.24) is 9.97 Å². The van der Waals surface area contributed by atoms with Crippen LogP contribution in [0.2, 0.25) is 0 Å². The third-order valence-corrected chi connectivity index (χ3v) is 2.80. The van der Waals surface area contributed by atoms with Crippen molar-refractivity contribution in [2.45, 2.75) is 13.3 Å². The van der Waals surface area contributed by atoms with Gasteiger partial charge in [-0.05, 0) is 18.6 Å². The van der Waals surface area contributed by atoms with Gasteiger partial charge in [-0.2, -0.15) is 9.37 Å². The van der Waals surface area contributed by atoms with Crippen LogP contribution in [0.1, 0.15) is 13.3 Å². The van der Waals surface area contributed by atoms with E-state index in [0.717, 1.165) is 12.6 Å². The molecular weight excluding hydrogens is 277 g/mol. The average molecular weight is 291 g/mol. The summed E-state index contributed by atoms with van der Waals surface area (Å²) in [6.07, 6.45) is 1.99. The molecule has 3 rings (SSSR count). The molecule has 0 radical (unpaired) electrons. The summed E-state index contributed by atoms with van der Waals surface area (Å²) in [7, 11) is 0. The predicted octanol–water partition coefficient (Wildman–Crippen LogP) is 2.96. The first-order valence-corrected chi connectivity index (χ1v) is 6.60. The molecule has 1 aromatic carbocycles. The second-order valence-corrected chi connectivity index (χ2v) is 4.39. The summed E-state index contributed by atoms with van der Waals surface area (Å²) in [5.41, 5.74) is 0. The number of hydrogen-bond donors (Lipinski definition) is 1. The molecule has 1 aliphatic rings. The van der Waals surface area contributed by atoms with Gasteiger partial charge in [0.15, 0.2) is 11.5 Å². The number of hydrogen-bond acceptors (Lipinski definition) is 6. The molecule has 0 atom stereocenters. The molecule has 2 aromatic rings. The fourth-order valence-electron chi connectivity index (χ4n) is 1.80. The summed E-state index contributed by atoms with van der Waals surface area (Å²) in [4.78, 5) is 7.86. The first kappa shape index (κ1) is 13.4. The van der Waals surface area contributed by atoms with Gasteiger partial charge in [-0.3, -0.25) is 0 Å². The fraction of sp³-hybridized carbons (Fsp3) is 0.286. The molecule has 1 N–H and O–H groups in total. The molecule has 1 aliphatic heterocycles. The van der Waals surface area contributed by atoms with E-state index in [2.05, 4.69) is 15.3 Å². The molecule has 7 heteroatoms. The number of halogens is 1. The van der Waals surface area contributed by atoms with E-state index in [-0.39, 0.29) is 12.7 Å². The van der Waals surface area contributed by atoms with E-state index in [9.17, 15) is 4.39 Å². The molecular formula is C14H14FN3O3. The Bertz CT molecular complexity index is 651. The number of rotatable bonds is 5. The van der Waals surface area contributed by atoms with Crippen LogP contribution in [0.3, 0.4) is 0 Å². The number of nitrogens with zero attached hydrogens (tertiary/aromatic N) is 2. The minimum Gasteiger partial charge on any atom is -0.454 e. The Kier molecular flexibility index (Phi) is 3.72. The highest BCUT2D eigenvalue weighted by Crippen LogP contribution is 2.36. The topological polar surface area (TPSA) is 65.5 Å². The molecule has 0 spiro atoms. The lowest BCUT2D eigenvalue weighted by atomic mass is 10.3. The summed E-state index contributed by atoms with van der Waals surface area (Å²) in [5.74, 6) is 1.17. The molecule has 0 aliphatic carbocycles. The number of aromatic nitrogens is 2. The van der Waals surface area contributed by atoms with Crippen LogP contribution < -0.4 is 19.5 Å². The summed E-state index contributed by atoms with van der Waals surface area (Å²) in [6.45, 7) is 2.89. The summed E-state index contributed by atoms with van der Waals surface area (Å²) in [6, 6.07) is 4.99. The largest absolute Gasteiger partial charge is 0.454 e. The second kappa shape index (κ2) is 5.82. The second-order valence-electron chi connectivity index (χ2n) is 4.39. The highest BCUT2D eigenvalue weighted by atomic mass is 19.1. The van der Waals surface area contributed by atoms with Crippen molar-refractivity contribution in [2.75, 3.05) is 18.7 Å². The van der Waals surface area contributed by atoms with Crippen LogP contribution in [-0.2, 0) is 0 Å². The quantitative estimate of drug-likeness (QED) is 0.913. The Morgan fingerprint density at radius 3 is 3.05 bits per heavy atom. The smallest absolute Gasteiger partial charge is 0.260 e. The third kappa shape index (κ3) is 2.96. The van der Waals surface area contributed by atoms with Crippen LogP contribution >= 0.6 is 0 Å². The van der Waals surface area contributed by atoms with Crippen LogP contribution in [0.15, 0.2) is 24.4 Å². The van der Waals surface area contributed by atoms with Gasteiger partial charge in [0.05, 0.1) is 6.20 Å². The van der Waals surface area contributed by atoms with Gasteiger partial charge in [-0.15, -0.1) is 0 Å². The van der Waals surface area contributed by atoms with E-state index in [0.29, 0.717) is 29.7 Å². The first-order chi connectivity index (χ1) is 10.3. The summed E-state index contributed by atoms with van der Waals surface area (Å²) < 4.78 is 29.6. The minimum absolute atomic E-state index is 0.137. The van der Waals surface area contributed by atoms with Gasteiger partial charge >= 0.3 is 0 Å². The van der Waals surface area contributed by atoms with Gasteiger partial charge in [-0.25, -0.2) is 4.98 Å². The molecule has 0 unspecified atom stereocenters. The van der Waals surface area contributed by atoms with E-state index >= 15 is 0 Å². The standard InChI is InChI=1S/C14H14FN3O3/c1-2-5-16-14-17-7-10(15)13(18-14)21-9-3-4-11-12(6-9)20-8-19-11/h3-4,6-7H,2,5,8H2,1H3,(H,16,17,18). The maximum atomic E-state index is 13.7. The molecule has 0 bridgehead atoms. The van der Waals surface area contributed by atoms with Crippen molar-refractivity contribution >= 4 is 5.95 Å². The zero-order chi connectivity index (χ0) is 14.7. The minimum atomic E-state index is -0.630. The highest BCUT2D eigenvalue weighted by Gasteiger charge is 2.15. The number of nitrogens with one attached hydrogen (secondary N) is 1. The molecule has 0 amide bonds. The Hall–Kier alpha value is -2.57. The maximum absolute atomic E-state index is 13.7. The molecule has 21 heavy (non-hydrogen) atoms. The fourth-order valence-corrected chi connectivity index (χ4v) is 1.80. The number of benzene rings is 1. The van der Waals surface area contributed by atoms with Gasteiger partial charge < -0.3 is 19.5 Å². The number of anilines is 1. The summed E-state index contributed by atoms with van der Waals surface area (Å²) >= 11 is 0. The molecule has 0 fully saturated rings. The normalized spacial score (nSPS) is 12.3.